The molecule has 5 atom stereocenters. The Morgan fingerprint density at radius 1 is 1.11 bits per heavy atom. The highest BCUT2D eigenvalue weighted by Crippen LogP contribution is 2.30. The Hall–Kier alpha value is -0.610. The number of carbonyl (C=O) groups excluding carboxylic acids is 1. The number of hydrogen-bond acceptors (Lipinski definition) is 3. The van der Waals surface area contributed by atoms with Crippen LogP contribution in [0, 0.1) is 11.8 Å². The van der Waals surface area contributed by atoms with Gasteiger partial charge in [0.1, 0.15) is 0 Å². The van der Waals surface area contributed by atoms with Gasteiger partial charge >= 0.3 is 0 Å². The first-order valence-corrected chi connectivity index (χ1v) is 7.83. The van der Waals surface area contributed by atoms with Crippen molar-refractivity contribution in [3.63, 3.8) is 0 Å². The molecule has 110 valence electrons. The van der Waals surface area contributed by atoms with Crippen molar-refractivity contribution in [1.82, 2.24) is 10.4 Å². The third-order valence-electron chi connectivity index (χ3n) is 4.98. The van der Waals surface area contributed by atoms with Crippen molar-refractivity contribution in [2.75, 3.05) is 0 Å². The zero-order chi connectivity index (χ0) is 14.0. The summed E-state index contributed by atoms with van der Waals surface area (Å²) in [6, 6.07) is 1.19. The van der Waals surface area contributed by atoms with Crippen LogP contribution >= 0.6 is 0 Å². The van der Waals surface area contributed by atoms with Crippen LogP contribution in [0.1, 0.15) is 59.3 Å². The second kappa shape index (κ2) is 6.23. The highest BCUT2D eigenvalue weighted by Gasteiger charge is 2.33. The third-order valence-corrected chi connectivity index (χ3v) is 4.98. The molecule has 0 aromatic carbocycles. The Morgan fingerprint density at radius 3 is 2.32 bits per heavy atom. The maximum atomic E-state index is 12.5. The molecule has 2 rings (SSSR count). The van der Waals surface area contributed by atoms with Crippen molar-refractivity contribution in [3.8, 4) is 0 Å². The molecule has 1 aliphatic carbocycles. The Kier molecular flexibility index (Phi) is 4.85. The summed E-state index contributed by atoms with van der Waals surface area (Å²) in [6.07, 6.45) is 6.51. The number of piperidine rings is 1. The Labute approximate surface area is 117 Å². The van der Waals surface area contributed by atoms with Crippen molar-refractivity contribution >= 4 is 5.91 Å². The van der Waals surface area contributed by atoms with Gasteiger partial charge in [0.15, 0.2) is 0 Å². The zero-order valence-electron chi connectivity index (χ0n) is 12.6. The summed E-state index contributed by atoms with van der Waals surface area (Å²) in [4.78, 5) is 12.5. The molecule has 0 radical (unpaired) electrons. The average Bonchev–Trinajstić information content (AvgIpc) is 2.33. The predicted octanol–water partition coefficient (Wildman–Crippen LogP) is 2.04. The van der Waals surface area contributed by atoms with E-state index in [9.17, 15) is 4.79 Å². The lowest BCUT2D eigenvalue weighted by atomic mass is 9.78. The number of amides is 1. The van der Waals surface area contributed by atoms with E-state index in [1.165, 1.54) is 19.3 Å². The Bertz CT molecular complexity index is 311. The average molecular weight is 267 g/mol. The lowest BCUT2D eigenvalue weighted by molar-refractivity contribution is -0.136. The first-order valence-electron chi connectivity index (χ1n) is 7.83. The van der Waals surface area contributed by atoms with E-state index in [1.54, 1.807) is 0 Å². The van der Waals surface area contributed by atoms with Gasteiger partial charge in [-0.05, 0) is 51.9 Å². The summed E-state index contributed by atoms with van der Waals surface area (Å²) >= 11 is 0. The van der Waals surface area contributed by atoms with E-state index in [-0.39, 0.29) is 17.9 Å². The predicted molar refractivity (Wildman–Crippen MR) is 77.2 cm³/mol. The molecule has 2 aliphatic rings. The van der Waals surface area contributed by atoms with Gasteiger partial charge in [-0.1, -0.05) is 13.3 Å². The molecule has 3 N–H and O–H groups in total. The largest absolute Gasteiger partial charge is 0.328 e. The number of nitrogens with one attached hydrogen (secondary N) is 1. The fraction of sp³-hybridized carbons (Fsp3) is 0.933. The molecule has 4 heteroatoms. The minimum atomic E-state index is 0.140. The van der Waals surface area contributed by atoms with Crippen molar-refractivity contribution in [3.05, 3.63) is 0 Å². The smallest absolute Gasteiger partial charge is 0.237 e. The number of nitrogens with two attached hydrogens (primary N) is 1. The standard InChI is InChI=1S/C15H29N3O/c1-10-9-13(16)7-8-14(10)15(19)17-18-11(2)5-4-6-12(18)3/h10-14H,4-9,16H2,1-3H3,(H,17,19). The SMILES string of the molecule is CC1CC(N)CCC1C(=O)NN1C(C)CCCC1C. The first-order chi connectivity index (χ1) is 8.99. The summed E-state index contributed by atoms with van der Waals surface area (Å²) < 4.78 is 0. The van der Waals surface area contributed by atoms with Crippen molar-refractivity contribution in [1.29, 1.82) is 0 Å². The van der Waals surface area contributed by atoms with Gasteiger partial charge < -0.3 is 5.73 Å². The van der Waals surface area contributed by atoms with Crippen LogP contribution in [-0.2, 0) is 4.79 Å². The van der Waals surface area contributed by atoms with Gasteiger partial charge in [-0.3, -0.25) is 10.2 Å². The summed E-state index contributed by atoms with van der Waals surface area (Å²) in [7, 11) is 0. The molecule has 5 unspecified atom stereocenters. The summed E-state index contributed by atoms with van der Waals surface area (Å²) in [5, 5.41) is 2.17. The van der Waals surface area contributed by atoms with Gasteiger partial charge in [0.2, 0.25) is 5.91 Å². The Balaban J connectivity index is 1.92. The van der Waals surface area contributed by atoms with Gasteiger partial charge in [0, 0.05) is 24.0 Å². The summed E-state index contributed by atoms with van der Waals surface area (Å²) in [5.41, 5.74) is 9.16. The number of nitrogens with zero attached hydrogens (tertiary/aromatic N) is 1. The van der Waals surface area contributed by atoms with Crippen LogP contribution in [-0.4, -0.2) is 29.0 Å². The molecule has 1 aliphatic heterocycles. The molecule has 0 aromatic heterocycles. The van der Waals surface area contributed by atoms with E-state index >= 15 is 0 Å². The van der Waals surface area contributed by atoms with Crippen molar-refractivity contribution < 1.29 is 4.79 Å². The van der Waals surface area contributed by atoms with Gasteiger partial charge in [-0.25, -0.2) is 5.01 Å². The van der Waals surface area contributed by atoms with Crippen LogP contribution < -0.4 is 11.2 Å². The van der Waals surface area contributed by atoms with Gasteiger partial charge in [-0.15, -0.1) is 0 Å². The van der Waals surface area contributed by atoms with E-state index in [0.29, 0.717) is 18.0 Å². The summed E-state index contributed by atoms with van der Waals surface area (Å²) in [6.45, 7) is 6.57. The molecule has 0 spiro atoms. The maximum absolute atomic E-state index is 12.5. The fourth-order valence-electron chi connectivity index (χ4n) is 3.68. The number of hydrogen-bond donors (Lipinski definition) is 2. The fourth-order valence-corrected chi connectivity index (χ4v) is 3.68. The topological polar surface area (TPSA) is 58.4 Å². The lowest BCUT2D eigenvalue weighted by Crippen LogP contribution is -2.56. The quantitative estimate of drug-likeness (QED) is 0.805. The molecule has 0 bridgehead atoms. The van der Waals surface area contributed by atoms with E-state index in [1.807, 2.05) is 0 Å². The molecule has 1 saturated carbocycles. The van der Waals surface area contributed by atoms with Crippen LogP contribution in [0.25, 0.3) is 0 Å². The van der Waals surface area contributed by atoms with Gasteiger partial charge in [-0.2, -0.15) is 0 Å². The molecule has 2 fully saturated rings. The third kappa shape index (κ3) is 3.48. The molecular formula is C15H29N3O. The molecular weight excluding hydrogens is 238 g/mol. The Morgan fingerprint density at radius 2 is 1.74 bits per heavy atom. The van der Waals surface area contributed by atoms with Crippen LogP contribution in [0.4, 0.5) is 0 Å². The number of hydrazine groups is 1. The second-order valence-corrected chi connectivity index (χ2v) is 6.67. The first kappa shape index (κ1) is 14.8. The summed E-state index contributed by atoms with van der Waals surface area (Å²) in [5.74, 6) is 0.750. The molecule has 1 heterocycles. The van der Waals surface area contributed by atoms with Crippen LogP contribution in [0.2, 0.25) is 0 Å². The minimum Gasteiger partial charge on any atom is -0.328 e. The van der Waals surface area contributed by atoms with Crippen molar-refractivity contribution in [2.45, 2.75) is 77.4 Å². The highest BCUT2D eigenvalue weighted by atomic mass is 16.2. The normalized spacial score (nSPS) is 40.9. The van der Waals surface area contributed by atoms with E-state index in [4.69, 9.17) is 5.73 Å². The zero-order valence-corrected chi connectivity index (χ0v) is 12.6. The molecule has 1 saturated heterocycles. The minimum absolute atomic E-state index is 0.140. The van der Waals surface area contributed by atoms with Gasteiger partial charge in [0.25, 0.3) is 0 Å². The van der Waals surface area contributed by atoms with Crippen LogP contribution in [0.15, 0.2) is 0 Å². The lowest BCUT2D eigenvalue weighted by Gasteiger charge is -2.40. The van der Waals surface area contributed by atoms with Crippen molar-refractivity contribution in [2.24, 2.45) is 17.6 Å². The molecule has 1 amide bonds. The van der Waals surface area contributed by atoms with Gasteiger partial charge in [0.05, 0.1) is 0 Å². The number of rotatable bonds is 2. The molecule has 19 heavy (non-hydrogen) atoms. The van der Waals surface area contributed by atoms with E-state index in [2.05, 4.69) is 31.2 Å². The molecule has 4 nitrogen and oxygen atoms in total. The van der Waals surface area contributed by atoms with Crippen LogP contribution in [0.5, 0.6) is 0 Å². The maximum Gasteiger partial charge on any atom is 0.237 e. The number of carbonyl (C=O) groups is 1. The van der Waals surface area contributed by atoms with E-state index < -0.39 is 0 Å². The molecule has 0 aromatic rings. The highest BCUT2D eigenvalue weighted by molar-refractivity contribution is 5.78. The van der Waals surface area contributed by atoms with E-state index in [0.717, 1.165) is 19.3 Å². The monoisotopic (exact) mass is 267 g/mol. The van der Waals surface area contributed by atoms with Crippen LogP contribution in [0.3, 0.4) is 0 Å². The second-order valence-electron chi connectivity index (χ2n) is 6.67.